The van der Waals surface area contributed by atoms with Crippen LogP contribution in [0.2, 0.25) is 5.02 Å². The molecule has 1 N–H and O–H groups in total. The molecule has 0 radical (unpaired) electrons. The van der Waals surface area contributed by atoms with Crippen LogP contribution in [-0.2, 0) is 22.5 Å². The standard InChI is InChI=1S/C19H28ClN3O2/c1-25-9-3-5-16-10-15(18(20)12-22-16)13-23(17-6-7-17)19(24)14-4-2-8-21-11-14/h10,12,14,17,21H,2-9,11,13H2,1H3/t14-/m1/s1. The summed E-state index contributed by atoms with van der Waals surface area (Å²) in [7, 11) is 1.71. The van der Waals surface area contributed by atoms with E-state index in [1.54, 1.807) is 13.3 Å². The summed E-state index contributed by atoms with van der Waals surface area (Å²) in [6.45, 7) is 3.14. The van der Waals surface area contributed by atoms with Crippen LogP contribution in [0.1, 0.15) is 43.4 Å². The monoisotopic (exact) mass is 365 g/mol. The highest BCUT2D eigenvalue weighted by atomic mass is 35.5. The third-order valence-corrected chi connectivity index (χ3v) is 5.37. The minimum absolute atomic E-state index is 0.108. The third-order valence-electron chi connectivity index (χ3n) is 5.03. The first-order valence-corrected chi connectivity index (χ1v) is 9.70. The molecule has 2 aliphatic rings. The topological polar surface area (TPSA) is 54.5 Å². The normalized spacial score (nSPS) is 20.5. The minimum Gasteiger partial charge on any atom is -0.385 e. The van der Waals surface area contributed by atoms with Crippen LogP contribution in [0.15, 0.2) is 12.3 Å². The van der Waals surface area contributed by atoms with Crippen molar-refractivity contribution in [1.82, 2.24) is 15.2 Å². The van der Waals surface area contributed by atoms with Gasteiger partial charge in [-0.25, -0.2) is 0 Å². The lowest BCUT2D eigenvalue weighted by Crippen LogP contribution is -2.43. The van der Waals surface area contributed by atoms with Gasteiger partial charge < -0.3 is 15.0 Å². The van der Waals surface area contributed by atoms with Gasteiger partial charge in [0.15, 0.2) is 0 Å². The number of nitrogens with zero attached hydrogens (tertiary/aromatic N) is 2. The van der Waals surface area contributed by atoms with Crippen LogP contribution in [0, 0.1) is 5.92 Å². The van der Waals surface area contributed by atoms with Gasteiger partial charge in [0.05, 0.1) is 10.9 Å². The molecule has 0 aromatic carbocycles. The first kappa shape index (κ1) is 18.6. The molecule has 1 aliphatic heterocycles. The Morgan fingerprint density at radius 1 is 1.44 bits per heavy atom. The molecule has 25 heavy (non-hydrogen) atoms. The summed E-state index contributed by atoms with van der Waals surface area (Å²) in [5.74, 6) is 0.389. The number of piperidine rings is 1. The second kappa shape index (κ2) is 8.97. The summed E-state index contributed by atoms with van der Waals surface area (Å²) >= 11 is 6.38. The maximum atomic E-state index is 13.0. The van der Waals surface area contributed by atoms with E-state index in [0.717, 1.165) is 69.5 Å². The second-order valence-corrected chi connectivity index (χ2v) is 7.51. The van der Waals surface area contributed by atoms with E-state index in [9.17, 15) is 4.79 Å². The highest BCUT2D eigenvalue weighted by Crippen LogP contribution is 2.32. The van der Waals surface area contributed by atoms with Gasteiger partial charge >= 0.3 is 0 Å². The van der Waals surface area contributed by atoms with Crippen LogP contribution in [-0.4, -0.2) is 48.6 Å². The Hall–Kier alpha value is -1.17. The number of amides is 1. The van der Waals surface area contributed by atoms with Crippen molar-refractivity contribution in [2.75, 3.05) is 26.8 Å². The van der Waals surface area contributed by atoms with Crippen molar-refractivity contribution in [1.29, 1.82) is 0 Å². The average Bonchev–Trinajstić information content (AvgIpc) is 3.47. The molecule has 5 nitrogen and oxygen atoms in total. The van der Waals surface area contributed by atoms with Crippen molar-refractivity contribution >= 4 is 17.5 Å². The molecular weight excluding hydrogens is 338 g/mol. The Kier molecular flexibility index (Phi) is 6.68. The third kappa shape index (κ3) is 5.16. The summed E-state index contributed by atoms with van der Waals surface area (Å²) in [6, 6.07) is 2.44. The molecule has 1 amide bonds. The van der Waals surface area contributed by atoms with E-state index in [1.165, 1.54) is 0 Å². The van der Waals surface area contributed by atoms with E-state index < -0.39 is 0 Å². The van der Waals surface area contributed by atoms with Crippen molar-refractivity contribution in [3.8, 4) is 0 Å². The summed E-state index contributed by atoms with van der Waals surface area (Å²) in [5, 5.41) is 4.00. The second-order valence-electron chi connectivity index (χ2n) is 7.10. The fourth-order valence-corrected chi connectivity index (χ4v) is 3.60. The van der Waals surface area contributed by atoms with E-state index in [-0.39, 0.29) is 11.8 Å². The molecule has 0 bridgehead atoms. The fourth-order valence-electron chi connectivity index (χ4n) is 3.44. The predicted octanol–water partition coefficient (Wildman–Crippen LogP) is 2.80. The van der Waals surface area contributed by atoms with Crippen LogP contribution in [0.4, 0.5) is 0 Å². The molecule has 1 atom stereocenters. The number of pyridine rings is 1. The van der Waals surface area contributed by atoms with Crippen molar-refractivity contribution in [2.45, 2.75) is 51.1 Å². The van der Waals surface area contributed by atoms with Gasteiger partial charge in [0.25, 0.3) is 0 Å². The first-order chi connectivity index (χ1) is 12.2. The van der Waals surface area contributed by atoms with Crippen molar-refractivity contribution in [3.63, 3.8) is 0 Å². The lowest BCUT2D eigenvalue weighted by molar-refractivity contribution is -0.137. The lowest BCUT2D eigenvalue weighted by atomic mass is 9.97. The zero-order chi connectivity index (χ0) is 17.6. The molecule has 0 spiro atoms. The number of ether oxygens (including phenoxy) is 1. The molecule has 138 valence electrons. The SMILES string of the molecule is COCCCc1cc(CN(C(=O)[C@@H]2CCCNC2)C2CC2)c(Cl)cn1. The highest BCUT2D eigenvalue weighted by Gasteiger charge is 2.36. The van der Waals surface area contributed by atoms with E-state index in [0.29, 0.717) is 17.6 Å². The summed E-state index contributed by atoms with van der Waals surface area (Å²) < 4.78 is 5.11. The number of hydrogen-bond donors (Lipinski definition) is 1. The van der Waals surface area contributed by atoms with Gasteiger partial charge in [0.1, 0.15) is 0 Å². The molecule has 0 unspecified atom stereocenters. The van der Waals surface area contributed by atoms with E-state index in [2.05, 4.69) is 21.3 Å². The number of methoxy groups -OCH3 is 1. The number of aromatic nitrogens is 1. The van der Waals surface area contributed by atoms with Crippen LogP contribution >= 0.6 is 11.6 Å². The quantitative estimate of drug-likeness (QED) is 0.720. The molecule has 1 aromatic heterocycles. The number of hydrogen-bond acceptors (Lipinski definition) is 4. The number of aryl methyl sites for hydroxylation is 1. The van der Waals surface area contributed by atoms with Crippen molar-refractivity contribution in [2.24, 2.45) is 5.92 Å². The maximum Gasteiger partial charge on any atom is 0.227 e. The molecule has 1 aliphatic carbocycles. The fraction of sp³-hybridized carbons (Fsp3) is 0.684. The number of rotatable bonds is 8. The largest absolute Gasteiger partial charge is 0.385 e. The molecule has 2 heterocycles. The number of carbonyl (C=O) groups excluding carboxylic acids is 1. The number of nitrogens with one attached hydrogen (secondary N) is 1. The van der Waals surface area contributed by atoms with E-state index in [4.69, 9.17) is 16.3 Å². The van der Waals surface area contributed by atoms with Gasteiger partial charge in [0.2, 0.25) is 5.91 Å². The van der Waals surface area contributed by atoms with Crippen LogP contribution < -0.4 is 5.32 Å². The van der Waals surface area contributed by atoms with E-state index in [1.807, 2.05) is 0 Å². The molecule has 1 aromatic rings. The molecule has 2 fully saturated rings. The molecule has 3 rings (SSSR count). The average molecular weight is 366 g/mol. The van der Waals surface area contributed by atoms with Crippen LogP contribution in [0.5, 0.6) is 0 Å². The van der Waals surface area contributed by atoms with Gasteiger partial charge in [-0.1, -0.05) is 11.6 Å². The molecule has 6 heteroatoms. The van der Waals surface area contributed by atoms with Gasteiger partial charge in [-0.3, -0.25) is 9.78 Å². The molecular formula is C19H28ClN3O2. The van der Waals surface area contributed by atoms with Crippen molar-refractivity contribution in [3.05, 3.63) is 28.5 Å². The summed E-state index contributed by atoms with van der Waals surface area (Å²) in [4.78, 5) is 19.5. The zero-order valence-electron chi connectivity index (χ0n) is 15.0. The van der Waals surface area contributed by atoms with Crippen molar-refractivity contribution < 1.29 is 9.53 Å². The Labute approximate surface area is 155 Å². The smallest absolute Gasteiger partial charge is 0.227 e. The Bertz CT molecular complexity index is 586. The predicted molar refractivity (Wildman–Crippen MR) is 98.6 cm³/mol. The highest BCUT2D eigenvalue weighted by molar-refractivity contribution is 6.31. The van der Waals surface area contributed by atoms with Gasteiger partial charge in [0, 0.05) is 44.7 Å². The van der Waals surface area contributed by atoms with Gasteiger partial charge in [-0.15, -0.1) is 0 Å². The van der Waals surface area contributed by atoms with Crippen LogP contribution in [0.3, 0.4) is 0 Å². The molecule has 1 saturated carbocycles. The van der Waals surface area contributed by atoms with Gasteiger partial charge in [-0.2, -0.15) is 0 Å². The summed E-state index contributed by atoms with van der Waals surface area (Å²) in [6.07, 6.45) is 7.79. The zero-order valence-corrected chi connectivity index (χ0v) is 15.7. The number of carbonyl (C=O) groups is 1. The maximum absolute atomic E-state index is 13.0. The number of halogens is 1. The van der Waals surface area contributed by atoms with Crippen LogP contribution in [0.25, 0.3) is 0 Å². The Morgan fingerprint density at radius 3 is 2.96 bits per heavy atom. The first-order valence-electron chi connectivity index (χ1n) is 9.32. The Morgan fingerprint density at radius 2 is 2.28 bits per heavy atom. The molecule has 1 saturated heterocycles. The van der Waals surface area contributed by atoms with E-state index >= 15 is 0 Å². The van der Waals surface area contributed by atoms with Gasteiger partial charge in [-0.05, 0) is 56.7 Å². The summed E-state index contributed by atoms with van der Waals surface area (Å²) in [5.41, 5.74) is 2.02. The Balaban J connectivity index is 1.69. The lowest BCUT2D eigenvalue weighted by Gasteiger charge is -2.30. The minimum atomic E-state index is 0.108.